The summed E-state index contributed by atoms with van der Waals surface area (Å²) < 4.78 is 3.26. The highest BCUT2D eigenvalue weighted by molar-refractivity contribution is 9.10. The van der Waals surface area contributed by atoms with Crippen LogP contribution < -0.4 is 0 Å². The van der Waals surface area contributed by atoms with Crippen molar-refractivity contribution < 1.29 is 0 Å². The number of hydrogen-bond acceptors (Lipinski definition) is 3. The summed E-state index contributed by atoms with van der Waals surface area (Å²) in [6.07, 6.45) is 0. The first kappa shape index (κ1) is 31.6. The van der Waals surface area contributed by atoms with Crippen LogP contribution in [-0.4, -0.2) is 19.5 Å². The Hall–Kier alpha value is -6.17. The van der Waals surface area contributed by atoms with Gasteiger partial charge in [-0.05, 0) is 87.0 Å². The average molecular weight is 746 g/mol. The first-order valence-electron chi connectivity index (χ1n) is 17.9. The molecule has 4 nitrogen and oxygen atoms in total. The highest BCUT2D eigenvalue weighted by Crippen LogP contribution is 2.51. The predicted octanol–water partition coefficient (Wildman–Crippen LogP) is 12.7. The molecule has 1 aliphatic rings. The van der Waals surface area contributed by atoms with E-state index < -0.39 is 0 Å². The summed E-state index contributed by atoms with van der Waals surface area (Å²) in [5.41, 5.74) is 13.5. The number of halogens is 1. The summed E-state index contributed by atoms with van der Waals surface area (Å²) in [4.78, 5) is 15.8. The van der Waals surface area contributed by atoms with Crippen molar-refractivity contribution in [2.75, 3.05) is 0 Å². The molecule has 2 heterocycles. The lowest BCUT2D eigenvalue weighted by Gasteiger charge is -2.21. The second-order valence-corrected chi connectivity index (χ2v) is 15.2. The van der Waals surface area contributed by atoms with Crippen molar-refractivity contribution >= 4 is 37.7 Å². The Morgan fingerprint density at radius 2 is 0.981 bits per heavy atom. The number of benzene rings is 7. The van der Waals surface area contributed by atoms with Gasteiger partial charge in [0.1, 0.15) is 0 Å². The zero-order valence-electron chi connectivity index (χ0n) is 29.3. The molecule has 0 bridgehead atoms. The number of aromatic nitrogens is 4. The van der Waals surface area contributed by atoms with Gasteiger partial charge in [-0.3, -0.25) is 4.57 Å². The van der Waals surface area contributed by atoms with Crippen molar-refractivity contribution in [1.82, 2.24) is 19.5 Å². The van der Waals surface area contributed by atoms with Gasteiger partial charge in [0, 0.05) is 31.8 Å². The predicted molar refractivity (Wildman–Crippen MR) is 221 cm³/mol. The van der Waals surface area contributed by atoms with Gasteiger partial charge in [0.2, 0.25) is 5.95 Å². The van der Waals surface area contributed by atoms with E-state index in [4.69, 9.17) is 15.0 Å². The van der Waals surface area contributed by atoms with Gasteiger partial charge in [0.25, 0.3) is 0 Å². The minimum atomic E-state index is -0.160. The van der Waals surface area contributed by atoms with Gasteiger partial charge in [-0.1, -0.05) is 151 Å². The van der Waals surface area contributed by atoms with Gasteiger partial charge in [0.05, 0.1) is 11.0 Å². The fraction of sp³-hybridized carbons (Fsp3) is 0.0625. The molecular formula is C48H33BrN4. The Kier molecular flexibility index (Phi) is 7.27. The Balaban J connectivity index is 1.25. The number of nitrogens with zero attached hydrogens (tertiary/aromatic N) is 4. The highest BCUT2D eigenvalue weighted by Gasteiger charge is 2.36. The van der Waals surface area contributed by atoms with E-state index in [1.807, 2.05) is 12.1 Å². The van der Waals surface area contributed by atoms with Gasteiger partial charge in [0.15, 0.2) is 11.6 Å². The molecule has 0 unspecified atom stereocenters. The van der Waals surface area contributed by atoms with Crippen molar-refractivity contribution in [3.05, 3.63) is 179 Å². The van der Waals surface area contributed by atoms with Crippen LogP contribution in [0.1, 0.15) is 25.0 Å². The van der Waals surface area contributed by atoms with Gasteiger partial charge >= 0.3 is 0 Å². The summed E-state index contributed by atoms with van der Waals surface area (Å²) in [6.45, 7) is 4.65. The van der Waals surface area contributed by atoms with Crippen LogP contribution in [0.4, 0.5) is 0 Å². The zero-order valence-corrected chi connectivity index (χ0v) is 30.8. The molecule has 7 aromatic carbocycles. The number of hydrogen-bond donors (Lipinski definition) is 0. The molecular weight excluding hydrogens is 712 g/mol. The third-order valence-corrected chi connectivity index (χ3v) is 11.2. The minimum Gasteiger partial charge on any atom is -0.278 e. The van der Waals surface area contributed by atoms with Crippen LogP contribution in [0, 0.1) is 0 Å². The first-order chi connectivity index (χ1) is 25.9. The van der Waals surface area contributed by atoms with E-state index in [-0.39, 0.29) is 5.41 Å². The van der Waals surface area contributed by atoms with Crippen LogP contribution in [0.25, 0.3) is 83.9 Å². The quantitative estimate of drug-likeness (QED) is 0.176. The lowest BCUT2D eigenvalue weighted by molar-refractivity contribution is 0.661. The molecule has 9 aromatic rings. The molecule has 0 spiro atoms. The molecule has 2 aromatic heterocycles. The monoisotopic (exact) mass is 744 g/mol. The van der Waals surface area contributed by atoms with Crippen molar-refractivity contribution in [2.24, 2.45) is 0 Å². The molecule has 0 fully saturated rings. The van der Waals surface area contributed by atoms with Crippen LogP contribution in [0.15, 0.2) is 168 Å². The van der Waals surface area contributed by atoms with Crippen LogP contribution in [-0.2, 0) is 5.41 Å². The summed E-state index contributed by atoms with van der Waals surface area (Å²) in [7, 11) is 0. The summed E-state index contributed by atoms with van der Waals surface area (Å²) in [5, 5.41) is 2.30. The lowest BCUT2D eigenvalue weighted by atomic mass is 9.82. The normalized spacial score (nSPS) is 13.0. The fourth-order valence-corrected chi connectivity index (χ4v) is 8.42. The summed E-state index contributed by atoms with van der Waals surface area (Å²) >= 11 is 3.78. The van der Waals surface area contributed by atoms with Gasteiger partial charge in [-0.25, -0.2) is 4.98 Å². The molecule has 0 atom stereocenters. The van der Waals surface area contributed by atoms with Crippen LogP contribution >= 0.6 is 15.9 Å². The molecule has 0 N–H and O–H groups in total. The second-order valence-electron chi connectivity index (χ2n) is 14.3. The van der Waals surface area contributed by atoms with Gasteiger partial charge < -0.3 is 0 Å². The van der Waals surface area contributed by atoms with Crippen LogP contribution in [0.2, 0.25) is 0 Å². The van der Waals surface area contributed by atoms with Gasteiger partial charge in [-0.15, -0.1) is 0 Å². The molecule has 0 saturated carbocycles. The van der Waals surface area contributed by atoms with E-state index >= 15 is 0 Å². The fourth-order valence-electron chi connectivity index (χ4n) is 8.06. The maximum Gasteiger partial charge on any atom is 0.238 e. The standard InChI is InChI=1S/C48H33BrN4/c1-48(2)41-22-10-9-21-37(41)38-28-40-39-27-36(49)23-24-43(39)53(44(40)29-42(38)48)47-51-45(34-19-11-17-32(25-34)30-13-5-3-6-14-30)50-46(52-47)35-20-12-18-33(26-35)31-15-7-4-8-16-31/h3-29H,1-2H3. The molecule has 252 valence electrons. The number of rotatable bonds is 5. The SMILES string of the molecule is CC1(C)c2ccccc2-c2cc3c4cc(Br)ccc4n(-c4nc(-c5cccc(-c6ccccc6)c5)nc(-c5cccc(-c6ccccc6)c5)n4)c3cc21. The van der Waals surface area contributed by atoms with Crippen molar-refractivity contribution in [3.63, 3.8) is 0 Å². The third kappa shape index (κ3) is 5.22. The van der Waals surface area contributed by atoms with Gasteiger partial charge in [-0.2, -0.15) is 9.97 Å². The van der Waals surface area contributed by atoms with E-state index in [0.717, 1.165) is 59.7 Å². The maximum atomic E-state index is 5.31. The van der Waals surface area contributed by atoms with Crippen LogP contribution in [0.3, 0.4) is 0 Å². The molecule has 53 heavy (non-hydrogen) atoms. The van der Waals surface area contributed by atoms with E-state index in [1.54, 1.807) is 0 Å². The first-order valence-corrected chi connectivity index (χ1v) is 18.7. The molecule has 0 aliphatic heterocycles. The molecule has 5 heteroatoms. The Morgan fingerprint density at radius 1 is 0.434 bits per heavy atom. The Morgan fingerprint density at radius 3 is 1.62 bits per heavy atom. The molecule has 10 rings (SSSR count). The molecule has 0 amide bonds. The average Bonchev–Trinajstić information content (AvgIpc) is 3.64. The highest BCUT2D eigenvalue weighted by atomic mass is 79.9. The third-order valence-electron chi connectivity index (χ3n) is 10.7. The lowest BCUT2D eigenvalue weighted by Crippen LogP contribution is -2.15. The van der Waals surface area contributed by atoms with E-state index in [0.29, 0.717) is 17.6 Å². The van der Waals surface area contributed by atoms with E-state index in [9.17, 15) is 0 Å². The van der Waals surface area contributed by atoms with E-state index in [2.05, 4.69) is 186 Å². The molecule has 1 aliphatic carbocycles. The topological polar surface area (TPSA) is 43.6 Å². The summed E-state index contributed by atoms with van der Waals surface area (Å²) in [5.74, 6) is 1.82. The van der Waals surface area contributed by atoms with Crippen molar-refractivity contribution in [3.8, 4) is 62.1 Å². The van der Waals surface area contributed by atoms with Crippen LogP contribution in [0.5, 0.6) is 0 Å². The van der Waals surface area contributed by atoms with Crippen molar-refractivity contribution in [2.45, 2.75) is 19.3 Å². The molecule has 0 saturated heterocycles. The largest absolute Gasteiger partial charge is 0.278 e. The molecule has 0 radical (unpaired) electrons. The van der Waals surface area contributed by atoms with Crippen molar-refractivity contribution in [1.29, 1.82) is 0 Å². The minimum absolute atomic E-state index is 0.160. The summed E-state index contributed by atoms with van der Waals surface area (Å²) in [6, 6.07) is 57.9. The Labute approximate surface area is 316 Å². The van der Waals surface area contributed by atoms with E-state index in [1.165, 1.54) is 22.3 Å². The zero-order chi connectivity index (χ0) is 35.7. The number of fused-ring (bicyclic) bond motifs is 6. The Bertz CT molecular complexity index is 2770. The second kappa shape index (κ2) is 12.2. The maximum absolute atomic E-state index is 5.31. The smallest absolute Gasteiger partial charge is 0.238 e.